The van der Waals surface area contributed by atoms with Crippen molar-refractivity contribution in [2.45, 2.75) is 0 Å². The molecule has 0 aliphatic carbocycles. The molecule has 0 aliphatic rings. The summed E-state index contributed by atoms with van der Waals surface area (Å²) >= 11 is 1.72. The van der Waals surface area contributed by atoms with Gasteiger partial charge in [-0.2, -0.15) is 0 Å². The Morgan fingerprint density at radius 3 is 2.93 bits per heavy atom. The van der Waals surface area contributed by atoms with Crippen LogP contribution in [0.15, 0.2) is 40.5 Å². The van der Waals surface area contributed by atoms with Crippen molar-refractivity contribution < 1.29 is 0 Å². The maximum atomic E-state index is 11.2. The maximum absolute atomic E-state index is 11.2. The summed E-state index contributed by atoms with van der Waals surface area (Å²) < 4.78 is 2.77. The molecule has 2 heterocycles. The van der Waals surface area contributed by atoms with Gasteiger partial charge in [-0.25, -0.2) is 0 Å². The van der Waals surface area contributed by atoms with Crippen molar-refractivity contribution in [3.63, 3.8) is 0 Å². The van der Waals surface area contributed by atoms with Gasteiger partial charge in [-0.15, -0.1) is 0 Å². The molecule has 68 valence electrons. The summed E-state index contributed by atoms with van der Waals surface area (Å²) in [6, 6.07) is 10.1. The molecule has 1 nitrogen and oxygen atoms in total. The standard InChI is InChI=1S/C11H6OSSe/c12-11-2-1-8-5-7-3-4-13-9(7)6-10(8)14-11/h1-6H. The molecule has 0 spiro atoms. The molecule has 3 rings (SSSR count). The van der Waals surface area contributed by atoms with Crippen LogP contribution in [0.2, 0.25) is 0 Å². The molecule has 3 aromatic rings. The van der Waals surface area contributed by atoms with Crippen LogP contribution in [-0.2, 0) is 0 Å². The van der Waals surface area contributed by atoms with Crippen LogP contribution in [0, 0.1) is 0 Å². The van der Waals surface area contributed by atoms with Crippen molar-refractivity contribution in [3.05, 3.63) is 44.8 Å². The fourth-order valence-corrected chi connectivity index (χ4v) is 4.13. The Hall–Kier alpha value is -0.891. The topological polar surface area (TPSA) is 17.1 Å². The van der Waals surface area contributed by atoms with Crippen LogP contribution >= 0.6 is 11.3 Å². The molecule has 0 saturated heterocycles. The Kier molecular flexibility index (Phi) is 1.84. The summed E-state index contributed by atoms with van der Waals surface area (Å²) in [4.78, 5) is 11.2. The third-order valence-corrected chi connectivity index (χ3v) is 4.98. The zero-order valence-corrected chi connectivity index (χ0v) is 9.72. The normalized spacial score (nSPS) is 11.1. The molecular weight excluding hydrogens is 259 g/mol. The first-order chi connectivity index (χ1) is 6.83. The van der Waals surface area contributed by atoms with E-state index < -0.39 is 0 Å². The molecule has 0 unspecified atom stereocenters. The minimum absolute atomic E-state index is 0.0116. The molecule has 0 aliphatic heterocycles. The summed E-state index contributed by atoms with van der Waals surface area (Å²) in [5.74, 6) is 0. The van der Waals surface area contributed by atoms with Crippen LogP contribution in [0.3, 0.4) is 0 Å². The van der Waals surface area contributed by atoms with Gasteiger partial charge in [0, 0.05) is 0 Å². The summed E-state index contributed by atoms with van der Waals surface area (Å²) in [5.41, 5.74) is 0. The van der Waals surface area contributed by atoms with Gasteiger partial charge in [-0.3, -0.25) is 0 Å². The van der Waals surface area contributed by atoms with Gasteiger partial charge < -0.3 is 0 Å². The van der Waals surface area contributed by atoms with Crippen LogP contribution in [0.25, 0.3) is 19.7 Å². The van der Waals surface area contributed by atoms with E-state index in [-0.39, 0.29) is 18.8 Å². The number of fused-ring (bicyclic) bond motifs is 2. The molecule has 0 N–H and O–H groups in total. The fourth-order valence-electron chi connectivity index (χ4n) is 1.53. The second-order valence-electron chi connectivity index (χ2n) is 3.10. The number of benzene rings is 1. The van der Waals surface area contributed by atoms with E-state index in [4.69, 9.17) is 0 Å². The number of hydrogen-bond donors (Lipinski definition) is 0. The van der Waals surface area contributed by atoms with Crippen LogP contribution in [0.4, 0.5) is 0 Å². The summed E-state index contributed by atoms with van der Waals surface area (Å²) in [6.45, 7) is 0. The van der Waals surface area contributed by atoms with Crippen LogP contribution < -0.4 is 4.30 Å². The van der Waals surface area contributed by atoms with Crippen LogP contribution in [0.1, 0.15) is 0 Å². The van der Waals surface area contributed by atoms with E-state index in [9.17, 15) is 4.79 Å². The Morgan fingerprint density at radius 1 is 1.07 bits per heavy atom. The van der Waals surface area contributed by atoms with Gasteiger partial charge in [0.1, 0.15) is 0 Å². The van der Waals surface area contributed by atoms with Gasteiger partial charge in [-0.05, 0) is 0 Å². The van der Waals surface area contributed by atoms with Gasteiger partial charge >= 0.3 is 90.4 Å². The van der Waals surface area contributed by atoms with Crippen molar-refractivity contribution in [2.75, 3.05) is 0 Å². The number of rotatable bonds is 0. The molecule has 3 heteroatoms. The summed E-state index contributed by atoms with van der Waals surface area (Å²) in [5, 5.41) is 4.59. The van der Waals surface area contributed by atoms with Crippen molar-refractivity contribution in [1.82, 2.24) is 0 Å². The molecule has 0 saturated carbocycles. The van der Waals surface area contributed by atoms with E-state index in [1.807, 2.05) is 6.07 Å². The van der Waals surface area contributed by atoms with Gasteiger partial charge in [0.25, 0.3) is 0 Å². The van der Waals surface area contributed by atoms with Gasteiger partial charge in [-0.1, -0.05) is 0 Å². The van der Waals surface area contributed by atoms with E-state index in [0.29, 0.717) is 0 Å². The van der Waals surface area contributed by atoms with E-state index in [0.717, 1.165) is 0 Å². The third kappa shape index (κ3) is 1.25. The van der Waals surface area contributed by atoms with Crippen molar-refractivity contribution in [2.24, 2.45) is 0 Å². The van der Waals surface area contributed by atoms with Crippen LogP contribution in [-0.4, -0.2) is 14.5 Å². The van der Waals surface area contributed by atoms with Crippen LogP contribution in [0.5, 0.6) is 0 Å². The Labute approximate surface area is 90.4 Å². The van der Waals surface area contributed by atoms with E-state index >= 15 is 0 Å². The van der Waals surface area contributed by atoms with E-state index in [1.165, 1.54) is 19.7 Å². The van der Waals surface area contributed by atoms with Gasteiger partial charge in [0.2, 0.25) is 0 Å². The molecule has 0 bridgehead atoms. The van der Waals surface area contributed by atoms with Gasteiger partial charge in [0.05, 0.1) is 0 Å². The summed E-state index contributed by atoms with van der Waals surface area (Å²) in [7, 11) is 0. The number of thiophene rings is 1. The molecular formula is C11H6OSSe. The molecule has 0 fully saturated rings. The van der Waals surface area contributed by atoms with E-state index in [2.05, 4.69) is 23.6 Å². The first-order valence-corrected chi connectivity index (χ1v) is 6.83. The zero-order chi connectivity index (χ0) is 9.54. The monoisotopic (exact) mass is 266 g/mol. The predicted octanol–water partition coefficient (Wildman–Crippen LogP) is 2.47. The third-order valence-electron chi connectivity index (χ3n) is 2.19. The molecule has 2 aromatic heterocycles. The first-order valence-electron chi connectivity index (χ1n) is 4.24. The quantitative estimate of drug-likeness (QED) is 0.571. The minimum atomic E-state index is -0.0116. The SMILES string of the molecule is O=c1ccc2cc3ccsc3cc2[se]1. The van der Waals surface area contributed by atoms with Crippen molar-refractivity contribution >= 4 is 45.6 Å². The van der Waals surface area contributed by atoms with Crippen molar-refractivity contribution in [3.8, 4) is 0 Å². The Bertz CT molecular complexity index is 665. The average molecular weight is 265 g/mol. The Balaban J connectivity index is 2.56. The van der Waals surface area contributed by atoms with Crippen molar-refractivity contribution in [1.29, 1.82) is 0 Å². The number of hydrogen-bond acceptors (Lipinski definition) is 2. The van der Waals surface area contributed by atoms with Gasteiger partial charge in [0.15, 0.2) is 0 Å². The summed E-state index contributed by atoms with van der Waals surface area (Å²) in [6.07, 6.45) is 0. The molecule has 1 aromatic carbocycles. The second kappa shape index (κ2) is 3.06. The predicted molar refractivity (Wildman–Crippen MR) is 62.5 cm³/mol. The zero-order valence-electron chi connectivity index (χ0n) is 7.19. The Morgan fingerprint density at radius 2 is 2.00 bits per heavy atom. The average Bonchev–Trinajstić information content (AvgIpc) is 2.61. The molecule has 0 radical (unpaired) electrons. The molecule has 0 atom stereocenters. The molecule has 14 heavy (non-hydrogen) atoms. The second-order valence-corrected chi connectivity index (χ2v) is 6.25. The van der Waals surface area contributed by atoms with E-state index in [1.54, 1.807) is 17.4 Å². The molecule has 0 amide bonds. The first kappa shape index (κ1) is 8.42. The fraction of sp³-hybridized carbons (Fsp3) is 0.